The fraction of sp³-hybridized carbons (Fsp3) is 0.476. The topological polar surface area (TPSA) is 81.2 Å². The van der Waals surface area contributed by atoms with Crippen LogP contribution in [0.3, 0.4) is 0 Å². The summed E-state index contributed by atoms with van der Waals surface area (Å²) >= 11 is 6.35. The van der Waals surface area contributed by atoms with Gasteiger partial charge in [-0.15, -0.1) is 0 Å². The molecule has 30 heavy (non-hydrogen) atoms. The van der Waals surface area contributed by atoms with Gasteiger partial charge in [-0.25, -0.2) is 17.1 Å². The maximum atomic E-state index is 14.4. The fourth-order valence-electron chi connectivity index (χ4n) is 4.00. The summed E-state index contributed by atoms with van der Waals surface area (Å²) in [7, 11) is -0.740. The summed E-state index contributed by atoms with van der Waals surface area (Å²) < 4.78 is 42.9. The number of halogens is 2. The Labute approximate surface area is 182 Å². The minimum absolute atomic E-state index is 0.0765. The number of hydrogen-bond acceptors (Lipinski definition) is 4. The summed E-state index contributed by atoms with van der Waals surface area (Å²) in [6, 6.07) is 3.36. The van der Waals surface area contributed by atoms with E-state index < -0.39 is 10.0 Å². The van der Waals surface area contributed by atoms with E-state index in [1.165, 1.54) is 20.2 Å². The van der Waals surface area contributed by atoms with Crippen LogP contribution in [0.2, 0.25) is 5.02 Å². The predicted molar refractivity (Wildman–Crippen MR) is 117 cm³/mol. The van der Waals surface area contributed by atoms with Gasteiger partial charge in [0.05, 0.1) is 17.3 Å². The van der Waals surface area contributed by atoms with E-state index >= 15 is 0 Å². The van der Waals surface area contributed by atoms with Crippen LogP contribution in [-0.2, 0) is 23.0 Å². The first-order chi connectivity index (χ1) is 14.0. The first kappa shape index (κ1) is 22.9. The molecule has 164 valence electrons. The third-order valence-corrected chi connectivity index (χ3v) is 7.79. The summed E-state index contributed by atoms with van der Waals surface area (Å²) in [6.45, 7) is 6.63. The second-order valence-electron chi connectivity index (χ2n) is 8.12. The van der Waals surface area contributed by atoms with Crippen molar-refractivity contribution in [2.24, 2.45) is 5.73 Å². The third kappa shape index (κ3) is 3.93. The average Bonchev–Trinajstić information content (AvgIpc) is 2.99. The van der Waals surface area contributed by atoms with Gasteiger partial charge < -0.3 is 5.73 Å². The van der Waals surface area contributed by atoms with Crippen LogP contribution in [0.4, 0.5) is 4.39 Å². The molecular weight excluding hydrogens is 427 g/mol. The van der Waals surface area contributed by atoms with Gasteiger partial charge in [0.15, 0.2) is 0 Å². The van der Waals surface area contributed by atoms with Gasteiger partial charge >= 0.3 is 0 Å². The molecule has 2 heterocycles. The molecule has 0 saturated heterocycles. The highest BCUT2D eigenvalue weighted by Crippen LogP contribution is 2.41. The highest BCUT2D eigenvalue weighted by atomic mass is 35.5. The Hall–Kier alpha value is -1.74. The van der Waals surface area contributed by atoms with E-state index in [1.54, 1.807) is 12.1 Å². The minimum Gasteiger partial charge on any atom is -0.327 e. The summed E-state index contributed by atoms with van der Waals surface area (Å²) in [6.07, 6.45) is 1.49. The molecule has 0 aliphatic carbocycles. The summed E-state index contributed by atoms with van der Waals surface area (Å²) in [5.41, 5.74) is 9.85. The Morgan fingerprint density at radius 3 is 2.67 bits per heavy atom. The molecule has 1 aromatic carbocycles. The molecule has 2 aromatic rings. The standard InChI is InChI=1S/C21H28ClFN4O2S/c1-12(2)20-17(9-15(23)6-7-24)21-13(3)16-10-19(30(28,29)26(4)5)18(22)8-14(16)11-27(21)25-20/h6,8,10,12-13H,7,9,11,24H2,1-5H3/b15-6-. The first-order valence-electron chi connectivity index (χ1n) is 9.87. The van der Waals surface area contributed by atoms with E-state index in [2.05, 4.69) is 0 Å². The van der Waals surface area contributed by atoms with Crippen LogP contribution in [0.15, 0.2) is 28.9 Å². The predicted octanol–water partition coefficient (Wildman–Crippen LogP) is 3.78. The lowest BCUT2D eigenvalue weighted by molar-refractivity contribution is 0.520. The molecule has 2 N–H and O–H groups in total. The Morgan fingerprint density at radius 2 is 2.10 bits per heavy atom. The van der Waals surface area contributed by atoms with Gasteiger partial charge in [0.2, 0.25) is 10.0 Å². The molecule has 0 fully saturated rings. The lowest BCUT2D eigenvalue weighted by Crippen LogP contribution is -2.24. The van der Waals surface area contributed by atoms with Gasteiger partial charge in [-0.05, 0) is 35.3 Å². The van der Waals surface area contributed by atoms with Crippen molar-refractivity contribution >= 4 is 21.6 Å². The molecule has 0 saturated carbocycles. The molecule has 1 aromatic heterocycles. The number of fused-ring (bicyclic) bond motifs is 2. The minimum atomic E-state index is -3.69. The molecule has 9 heteroatoms. The molecule has 1 aliphatic rings. The van der Waals surface area contributed by atoms with Crippen molar-refractivity contribution in [3.8, 4) is 0 Å². The number of benzene rings is 1. The van der Waals surface area contributed by atoms with Crippen LogP contribution < -0.4 is 5.73 Å². The highest BCUT2D eigenvalue weighted by molar-refractivity contribution is 7.89. The van der Waals surface area contributed by atoms with Gasteiger partial charge in [0.25, 0.3) is 0 Å². The Morgan fingerprint density at radius 1 is 1.43 bits per heavy atom. The monoisotopic (exact) mass is 454 g/mol. The van der Waals surface area contributed by atoms with Crippen LogP contribution in [0.5, 0.6) is 0 Å². The Bertz CT molecular complexity index is 1110. The van der Waals surface area contributed by atoms with Gasteiger partial charge in [-0.3, -0.25) is 4.68 Å². The molecule has 0 amide bonds. The second-order valence-corrected chi connectivity index (χ2v) is 10.6. The van der Waals surface area contributed by atoms with E-state index in [4.69, 9.17) is 22.4 Å². The highest BCUT2D eigenvalue weighted by Gasteiger charge is 2.32. The molecule has 0 bridgehead atoms. The van der Waals surface area contributed by atoms with Gasteiger partial charge in [0, 0.05) is 44.2 Å². The summed E-state index contributed by atoms with van der Waals surface area (Å²) in [4.78, 5) is 0.0765. The molecule has 1 unspecified atom stereocenters. The largest absolute Gasteiger partial charge is 0.327 e. The van der Waals surface area contributed by atoms with Crippen LogP contribution in [0, 0.1) is 0 Å². The average molecular weight is 455 g/mol. The number of aromatic nitrogens is 2. The molecule has 3 rings (SSSR count). The van der Waals surface area contributed by atoms with Crippen molar-refractivity contribution in [3.05, 3.63) is 57.1 Å². The summed E-state index contributed by atoms with van der Waals surface area (Å²) in [5, 5.41) is 4.95. The molecule has 0 radical (unpaired) electrons. The smallest absolute Gasteiger partial charge is 0.244 e. The third-order valence-electron chi connectivity index (χ3n) is 5.51. The van der Waals surface area contributed by atoms with E-state index in [1.807, 2.05) is 25.5 Å². The van der Waals surface area contributed by atoms with Crippen LogP contribution in [-0.4, -0.2) is 43.1 Å². The zero-order valence-corrected chi connectivity index (χ0v) is 19.5. The number of hydrogen-bond donors (Lipinski definition) is 1. The van der Waals surface area contributed by atoms with Gasteiger partial charge in [-0.1, -0.05) is 32.4 Å². The van der Waals surface area contributed by atoms with Crippen LogP contribution in [0.25, 0.3) is 0 Å². The molecule has 1 aliphatic heterocycles. The van der Waals surface area contributed by atoms with Crippen LogP contribution in [0.1, 0.15) is 60.7 Å². The van der Waals surface area contributed by atoms with E-state index in [9.17, 15) is 12.8 Å². The fourth-order valence-corrected chi connectivity index (χ4v) is 5.46. The van der Waals surface area contributed by atoms with Gasteiger partial charge in [0.1, 0.15) is 10.7 Å². The zero-order valence-electron chi connectivity index (χ0n) is 17.9. The number of allylic oxidation sites excluding steroid dienone is 1. The van der Waals surface area contributed by atoms with Gasteiger partial charge in [-0.2, -0.15) is 5.10 Å². The zero-order chi connectivity index (χ0) is 22.4. The van der Waals surface area contributed by atoms with Crippen molar-refractivity contribution in [1.82, 2.24) is 14.1 Å². The molecule has 0 spiro atoms. The SMILES string of the molecule is CC(C)c1nn2c(c1C/C(F)=C/CN)C(C)c1cc(S(=O)(=O)N(C)C)c(Cl)cc1C2. The molecule has 6 nitrogen and oxygen atoms in total. The molecule has 1 atom stereocenters. The number of sulfonamides is 1. The Balaban J connectivity index is 2.18. The van der Waals surface area contributed by atoms with Crippen molar-refractivity contribution in [2.75, 3.05) is 20.6 Å². The van der Waals surface area contributed by atoms with E-state index in [-0.39, 0.29) is 40.5 Å². The maximum Gasteiger partial charge on any atom is 0.244 e. The number of rotatable bonds is 6. The van der Waals surface area contributed by atoms with Crippen molar-refractivity contribution < 1.29 is 12.8 Å². The van der Waals surface area contributed by atoms with Crippen LogP contribution >= 0.6 is 11.6 Å². The number of nitrogens with two attached hydrogens (primary N) is 1. The van der Waals surface area contributed by atoms with E-state index in [0.717, 1.165) is 32.4 Å². The van der Waals surface area contributed by atoms with Crippen molar-refractivity contribution in [2.45, 2.75) is 50.5 Å². The maximum absolute atomic E-state index is 14.4. The van der Waals surface area contributed by atoms with E-state index in [0.29, 0.717) is 6.54 Å². The first-order valence-corrected chi connectivity index (χ1v) is 11.7. The normalized spacial score (nSPS) is 16.9. The Kier molecular flexibility index (Phi) is 6.43. The lowest BCUT2D eigenvalue weighted by Gasteiger charge is -2.27. The second kappa shape index (κ2) is 8.42. The van der Waals surface area contributed by atoms with Crippen molar-refractivity contribution in [3.63, 3.8) is 0 Å². The molecular formula is C21H28ClFN4O2S. The lowest BCUT2D eigenvalue weighted by atomic mass is 9.86. The number of nitrogens with zero attached hydrogens (tertiary/aromatic N) is 3. The summed E-state index contributed by atoms with van der Waals surface area (Å²) in [5.74, 6) is -0.338. The van der Waals surface area contributed by atoms with Crippen molar-refractivity contribution in [1.29, 1.82) is 0 Å². The quantitative estimate of drug-likeness (QED) is 0.720.